The largest absolute Gasteiger partial charge is 0.497 e. The van der Waals surface area contributed by atoms with E-state index in [4.69, 9.17) is 9.47 Å². The van der Waals surface area contributed by atoms with Crippen molar-refractivity contribution >= 4 is 17.2 Å². The molecule has 6 heteroatoms. The van der Waals surface area contributed by atoms with Crippen LogP contribution in [0.15, 0.2) is 35.7 Å². The molecule has 1 aromatic carbocycles. The van der Waals surface area contributed by atoms with E-state index in [0.29, 0.717) is 6.61 Å². The summed E-state index contributed by atoms with van der Waals surface area (Å²) in [6.07, 6.45) is 2.75. The highest BCUT2D eigenvalue weighted by atomic mass is 32.1. The fraction of sp³-hybridized carbons (Fsp3) is 0.476. The number of thiophene rings is 1. The van der Waals surface area contributed by atoms with Gasteiger partial charge < -0.3 is 14.8 Å². The molecule has 0 spiro atoms. The number of piperidine rings is 1. The minimum atomic E-state index is -0.116. The van der Waals surface area contributed by atoms with Gasteiger partial charge in [-0.05, 0) is 42.3 Å². The second-order valence-corrected chi connectivity index (χ2v) is 8.36. The second kappa shape index (κ2) is 8.31. The van der Waals surface area contributed by atoms with Gasteiger partial charge in [0, 0.05) is 36.6 Å². The predicted molar refractivity (Wildman–Crippen MR) is 106 cm³/mol. The number of fused-ring (bicyclic) bond motifs is 1. The summed E-state index contributed by atoms with van der Waals surface area (Å²) in [4.78, 5) is 16.6. The smallest absolute Gasteiger partial charge is 0.227 e. The van der Waals surface area contributed by atoms with Crippen LogP contribution in [0.1, 0.15) is 23.3 Å². The van der Waals surface area contributed by atoms with Crippen LogP contribution in [0.5, 0.6) is 11.5 Å². The van der Waals surface area contributed by atoms with Crippen LogP contribution in [-0.4, -0.2) is 43.7 Å². The Morgan fingerprint density at radius 2 is 2.19 bits per heavy atom. The van der Waals surface area contributed by atoms with E-state index in [-0.39, 0.29) is 17.9 Å². The van der Waals surface area contributed by atoms with Gasteiger partial charge in [-0.15, -0.1) is 11.3 Å². The van der Waals surface area contributed by atoms with Gasteiger partial charge in [-0.3, -0.25) is 9.69 Å². The van der Waals surface area contributed by atoms with E-state index >= 15 is 0 Å². The van der Waals surface area contributed by atoms with E-state index in [1.807, 2.05) is 29.5 Å². The maximum atomic E-state index is 12.7. The van der Waals surface area contributed by atoms with Crippen molar-refractivity contribution in [2.24, 2.45) is 5.92 Å². The van der Waals surface area contributed by atoms with E-state index in [1.54, 1.807) is 7.11 Å². The zero-order valence-corrected chi connectivity index (χ0v) is 16.5. The molecule has 2 aliphatic heterocycles. The summed E-state index contributed by atoms with van der Waals surface area (Å²) >= 11 is 1.81. The van der Waals surface area contributed by atoms with E-state index in [2.05, 4.69) is 27.7 Å². The first-order chi connectivity index (χ1) is 13.2. The van der Waals surface area contributed by atoms with Crippen molar-refractivity contribution in [1.29, 1.82) is 0 Å². The summed E-state index contributed by atoms with van der Waals surface area (Å²) in [6, 6.07) is 10.4. The lowest BCUT2D eigenvalue weighted by molar-refractivity contribution is -0.127. The summed E-state index contributed by atoms with van der Waals surface area (Å²) in [5.41, 5.74) is 1.08. The van der Waals surface area contributed by atoms with Crippen molar-refractivity contribution in [2.75, 3.05) is 26.8 Å². The van der Waals surface area contributed by atoms with Gasteiger partial charge in [0.15, 0.2) is 0 Å². The van der Waals surface area contributed by atoms with Gasteiger partial charge in [0.1, 0.15) is 18.1 Å². The molecule has 1 amide bonds. The van der Waals surface area contributed by atoms with E-state index in [1.165, 1.54) is 4.88 Å². The lowest BCUT2D eigenvalue weighted by Crippen LogP contribution is -2.47. The Morgan fingerprint density at radius 1 is 1.33 bits per heavy atom. The van der Waals surface area contributed by atoms with Crippen molar-refractivity contribution in [1.82, 2.24) is 10.2 Å². The molecule has 1 N–H and O–H groups in total. The number of nitrogens with zero attached hydrogens (tertiary/aromatic N) is 1. The number of methoxy groups -OCH3 is 1. The maximum absolute atomic E-state index is 12.7. The van der Waals surface area contributed by atoms with Gasteiger partial charge in [-0.25, -0.2) is 0 Å². The molecule has 0 aliphatic carbocycles. The molecular formula is C21H26N2O3S. The topological polar surface area (TPSA) is 50.8 Å². The van der Waals surface area contributed by atoms with Gasteiger partial charge >= 0.3 is 0 Å². The third-order valence-corrected chi connectivity index (χ3v) is 6.31. The number of carbonyl (C=O) groups is 1. The van der Waals surface area contributed by atoms with Crippen molar-refractivity contribution in [3.05, 3.63) is 46.2 Å². The Balaban J connectivity index is 1.26. The molecule has 0 bridgehead atoms. The third-order valence-electron chi connectivity index (χ3n) is 5.44. The second-order valence-electron chi connectivity index (χ2n) is 7.32. The van der Waals surface area contributed by atoms with Crippen LogP contribution in [0.2, 0.25) is 0 Å². The van der Waals surface area contributed by atoms with Crippen molar-refractivity contribution < 1.29 is 14.3 Å². The van der Waals surface area contributed by atoms with E-state index < -0.39 is 0 Å². The normalized spacial score (nSPS) is 20.6. The quantitative estimate of drug-likeness (QED) is 0.858. The summed E-state index contributed by atoms with van der Waals surface area (Å²) in [7, 11) is 1.65. The lowest BCUT2D eigenvalue weighted by atomic mass is 9.95. The van der Waals surface area contributed by atoms with Gasteiger partial charge in [0.2, 0.25) is 5.91 Å². The number of nitrogens with one attached hydrogen (secondary N) is 1. The summed E-state index contributed by atoms with van der Waals surface area (Å²) in [5, 5.41) is 5.38. The Labute approximate surface area is 164 Å². The van der Waals surface area contributed by atoms with Gasteiger partial charge in [-0.2, -0.15) is 0 Å². The summed E-state index contributed by atoms with van der Waals surface area (Å²) in [6.45, 7) is 3.53. The van der Waals surface area contributed by atoms with Crippen LogP contribution in [0.25, 0.3) is 0 Å². The average molecular weight is 387 g/mol. The molecule has 1 aromatic heterocycles. The van der Waals surface area contributed by atoms with Crippen LogP contribution >= 0.6 is 11.3 Å². The number of rotatable bonds is 5. The number of likely N-dealkylation sites (tertiary alicyclic amines) is 1. The number of benzene rings is 1. The molecule has 0 radical (unpaired) electrons. The molecule has 2 aliphatic rings. The fourth-order valence-corrected chi connectivity index (χ4v) is 4.57. The first kappa shape index (κ1) is 18.3. The monoisotopic (exact) mass is 386 g/mol. The molecule has 5 nitrogen and oxygen atoms in total. The summed E-state index contributed by atoms with van der Waals surface area (Å²) < 4.78 is 11.1. The maximum Gasteiger partial charge on any atom is 0.227 e. The number of carbonyl (C=O) groups excluding carboxylic acids is 1. The van der Waals surface area contributed by atoms with Crippen molar-refractivity contribution in [3.8, 4) is 11.5 Å². The molecule has 1 saturated heterocycles. The van der Waals surface area contributed by atoms with Crippen molar-refractivity contribution in [3.63, 3.8) is 0 Å². The average Bonchev–Trinajstić information content (AvgIpc) is 3.21. The van der Waals surface area contributed by atoms with Crippen LogP contribution < -0.4 is 14.8 Å². The number of amides is 1. The Kier molecular flexibility index (Phi) is 5.64. The van der Waals surface area contributed by atoms with Crippen molar-refractivity contribution in [2.45, 2.75) is 31.8 Å². The minimum Gasteiger partial charge on any atom is -0.497 e. The number of ether oxygens (including phenoxy) is 2. The Morgan fingerprint density at radius 3 is 2.93 bits per heavy atom. The predicted octanol–water partition coefficient (Wildman–Crippen LogP) is 3.09. The minimum absolute atomic E-state index is 0.116. The van der Waals surface area contributed by atoms with Crippen LogP contribution in [0.4, 0.5) is 0 Å². The molecule has 0 unspecified atom stereocenters. The van der Waals surface area contributed by atoms with Crippen LogP contribution in [0.3, 0.4) is 0 Å². The van der Waals surface area contributed by atoms with Gasteiger partial charge in [0.05, 0.1) is 13.0 Å². The molecule has 27 heavy (non-hydrogen) atoms. The zero-order valence-electron chi connectivity index (χ0n) is 15.6. The molecule has 4 rings (SSSR count). The molecule has 3 heterocycles. The highest BCUT2D eigenvalue weighted by Gasteiger charge is 2.29. The number of hydrogen-bond donors (Lipinski definition) is 1. The van der Waals surface area contributed by atoms with Crippen LogP contribution in [-0.2, 0) is 17.8 Å². The van der Waals surface area contributed by atoms with Gasteiger partial charge in [-0.1, -0.05) is 12.1 Å². The standard InChI is InChI=1S/C21H26N2O3S/c1-25-18-5-4-15-11-16(14-26-20(15)12-18)21(24)22-17-6-8-23(9-7-17)13-19-3-2-10-27-19/h2-5,10,12,16-17H,6-9,11,13-14H2,1H3,(H,22,24)/t16-/m1/s1. The van der Waals surface area contributed by atoms with Gasteiger partial charge in [0.25, 0.3) is 0 Å². The third kappa shape index (κ3) is 4.45. The first-order valence-corrected chi connectivity index (χ1v) is 10.4. The lowest BCUT2D eigenvalue weighted by Gasteiger charge is -2.33. The molecule has 1 fully saturated rings. The molecule has 2 aromatic rings. The van der Waals surface area contributed by atoms with E-state index in [0.717, 1.165) is 56.0 Å². The molecular weight excluding hydrogens is 360 g/mol. The Bertz CT molecular complexity index is 770. The zero-order chi connectivity index (χ0) is 18.6. The summed E-state index contributed by atoms with van der Waals surface area (Å²) in [5.74, 6) is 1.62. The molecule has 144 valence electrons. The fourth-order valence-electron chi connectivity index (χ4n) is 3.83. The Hall–Kier alpha value is -2.05. The highest BCUT2D eigenvalue weighted by Crippen LogP contribution is 2.31. The number of hydrogen-bond acceptors (Lipinski definition) is 5. The highest BCUT2D eigenvalue weighted by molar-refractivity contribution is 7.09. The molecule has 1 atom stereocenters. The van der Waals surface area contributed by atoms with Crippen LogP contribution in [0, 0.1) is 5.92 Å². The molecule has 0 saturated carbocycles. The van der Waals surface area contributed by atoms with E-state index in [9.17, 15) is 4.79 Å². The first-order valence-electron chi connectivity index (χ1n) is 9.56. The SMILES string of the molecule is COc1ccc2c(c1)OC[C@H](C(=O)NC1CCN(Cc3cccs3)CC1)C2.